The third-order valence-electron chi connectivity index (χ3n) is 4.05. The maximum Gasteiger partial charge on any atom is 0.227 e. The molecule has 0 aliphatic carbocycles. The number of benzene rings is 1. The third-order valence-corrected chi connectivity index (χ3v) is 4.05. The van der Waals surface area contributed by atoms with E-state index < -0.39 is 0 Å². The van der Waals surface area contributed by atoms with Gasteiger partial charge in [-0.2, -0.15) is 4.98 Å². The van der Waals surface area contributed by atoms with E-state index in [-0.39, 0.29) is 5.91 Å². The Morgan fingerprint density at radius 1 is 1.16 bits per heavy atom. The number of aromatic nitrogens is 3. The maximum atomic E-state index is 12.3. The van der Waals surface area contributed by atoms with E-state index in [0.29, 0.717) is 31.1 Å². The second kappa shape index (κ2) is 7.70. The van der Waals surface area contributed by atoms with Crippen molar-refractivity contribution in [2.45, 2.75) is 26.3 Å². The predicted octanol–water partition coefficient (Wildman–Crippen LogP) is 3.03. The zero-order chi connectivity index (χ0) is 17.6. The summed E-state index contributed by atoms with van der Waals surface area (Å²) in [6.07, 6.45) is 4.11. The summed E-state index contributed by atoms with van der Waals surface area (Å²) in [5.41, 5.74) is 3.17. The lowest BCUT2D eigenvalue weighted by Crippen LogP contribution is -2.26. The lowest BCUT2D eigenvalue weighted by molar-refractivity contribution is -0.130. The van der Waals surface area contributed by atoms with Crippen molar-refractivity contribution in [1.29, 1.82) is 0 Å². The molecule has 0 radical (unpaired) electrons. The van der Waals surface area contributed by atoms with Crippen LogP contribution in [0.1, 0.15) is 23.4 Å². The SMILES string of the molecule is Cc1ccccc1CN(C)C(=O)CCc1nc(-c2ccncc2)no1. The maximum absolute atomic E-state index is 12.3. The van der Waals surface area contributed by atoms with Crippen LogP contribution in [-0.4, -0.2) is 33.0 Å². The molecule has 128 valence electrons. The van der Waals surface area contributed by atoms with E-state index >= 15 is 0 Å². The van der Waals surface area contributed by atoms with Gasteiger partial charge in [-0.05, 0) is 30.2 Å². The molecule has 1 aromatic carbocycles. The zero-order valence-corrected chi connectivity index (χ0v) is 14.3. The van der Waals surface area contributed by atoms with E-state index in [1.165, 1.54) is 5.56 Å². The van der Waals surface area contributed by atoms with Crippen LogP contribution in [0, 0.1) is 6.92 Å². The van der Waals surface area contributed by atoms with Gasteiger partial charge in [-0.3, -0.25) is 9.78 Å². The van der Waals surface area contributed by atoms with Crippen molar-refractivity contribution in [2.75, 3.05) is 7.05 Å². The van der Waals surface area contributed by atoms with Crippen LogP contribution < -0.4 is 0 Å². The van der Waals surface area contributed by atoms with E-state index in [1.807, 2.05) is 50.4 Å². The van der Waals surface area contributed by atoms with Crippen LogP contribution in [-0.2, 0) is 17.8 Å². The summed E-state index contributed by atoms with van der Waals surface area (Å²) >= 11 is 0. The molecule has 0 atom stereocenters. The molecule has 2 heterocycles. The third kappa shape index (κ3) is 4.29. The Bertz CT molecular complexity index is 845. The van der Waals surface area contributed by atoms with Crippen molar-refractivity contribution < 1.29 is 9.32 Å². The number of hydrogen-bond acceptors (Lipinski definition) is 5. The fraction of sp³-hybridized carbons (Fsp3) is 0.263. The Morgan fingerprint density at radius 2 is 1.92 bits per heavy atom. The average molecular weight is 336 g/mol. The highest BCUT2D eigenvalue weighted by Crippen LogP contribution is 2.15. The number of carbonyl (C=O) groups is 1. The Balaban J connectivity index is 1.55. The van der Waals surface area contributed by atoms with Gasteiger partial charge in [0.2, 0.25) is 17.6 Å². The van der Waals surface area contributed by atoms with Gasteiger partial charge in [0.25, 0.3) is 0 Å². The lowest BCUT2D eigenvalue weighted by Gasteiger charge is -2.18. The molecule has 3 aromatic rings. The molecule has 6 heteroatoms. The molecule has 0 spiro atoms. The summed E-state index contributed by atoms with van der Waals surface area (Å²) in [5, 5.41) is 3.95. The molecule has 0 unspecified atom stereocenters. The van der Waals surface area contributed by atoms with E-state index in [2.05, 4.69) is 15.1 Å². The van der Waals surface area contributed by atoms with Gasteiger partial charge >= 0.3 is 0 Å². The first kappa shape index (κ1) is 16.8. The van der Waals surface area contributed by atoms with Gasteiger partial charge in [-0.15, -0.1) is 0 Å². The molecule has 0 aliphatic rings. The van der Waals surface area contributed by atoms with Gasteiger partial charge in [-0.1, -0.05) is 29.4 Å². The van der Waals surface area contributed by atoms with Crippen LogP contribution in [0.15, 0.2) is 53.3 Å². The fourth-order valence-corrected chi connectivity index (χ4v) is 2.51. The monoisotopic (exact) mass is 336 g/mol. The Morgan fingerprint density at radius 3 is 2.68 bits per heavy atom. The number of hydrogen-bond donors (Lipinski definition) is 0. The second-order valence-corrected chi connectivity index (χ2v) is 5.92. The van der Waals surface area contributed by atoms with Crippen molar-refractivity contribution in [3.8, 4) is 11.4 Å². The van der Waals surface area contributed by atoms with E-state index in [4.69, 9.17) is 4.52 Å². The summed E-state index contributed by atoms with van der Waals surface area (Å²) < 4.78 is 5.23. The minimum Gasteiger partial charge on any atom is -0.341 e. The quantitative estimate of drug-likeness (QED) is 0.692. The minimum atomic E-state index is 0.0481. The summed E-state index contributed by atoms with van der Waals surface area (Å²) in [4.78, 5) is 22.4. The number of nitrogens with zero attached hydrogens (tertiary/aromatic N) is 4. The van der Waals surface area contributed by atoms with E-state index in [1.54, 1.807) is 17.3 Å². The second-order valence-electron chi connectivity index (χ2n) is 5.92. The normalized spacial score (nSPS) is 10.6. The largest absolute Gasteiger partial charge is 0.341 e. The van der Waals surface area contributed by atoms with Crippen molar-refractivity contribution >= 4 is 5.91 Å². The number of carbonyl (C=O) groups excluding carboxylic acids is 1. The van der Waals surface area contributed by atoms with Crippen molar-refractivity contribution in [3.05, 3.63) is 65.8 Å². The molecular formula is C19H20N4O2. The molecule has 0 fully saturated rings. The van der Waals surface area contributed by atoms with Crippen LogP contribution in [0.5, 0.6) is 0 Å². The van der Waals surface area contributed by atoms with Gasteiger partial charge < -0.3 is 9.42 Å². The van der Waals surface area contributed by atoms with Crippen LogP contribution >= 0.6 is 0 Å². The Kier molecular flexibility index (Phi) is 5.18. The topological polar surface area (TPSA) is 72.1 Å². The van der Waals surface area contributed by atoms with Gasteiger partial charge in [-0.25, -0.2) is 0 Å². The predicted molar refractivity (Wildman–Crippen MR) is 93.5 cm³/mol. The molecule has 0 saturated heterocycles. The summed E-state index contributed by atoms with van der Waals surface area (Å²) in [6.45, 7) is 2.64. The molecule has 3 rings (SSSR count). The first-order chi connectivity index (χ1) is 12.1. The van der Waals surface area contributed by atoms with E-state index in [0.717, 1.165) is 11.1 Å². The van der Waals surface area contributed by atoms with Gasteiger partial charge in [0.1, 0.15) is 0 Å². The molecule has 25 heavy (non-hydrogen) atoms. The molecule has 0 N–H and O–H groups in total. The first-order valence-electron chi connectivity index (χ1n) is 8.15. The molecular weight excluding hydrogens is 316 g/mol. The van der Waals surface area contributed by atoms with E-state index in [9.17, 15) is 4.79 Å². The molecule has 6 nitrogen and oxygen atoms in total. The first-order valence-corrected chi connectivity index (χ1v) is 8.15. The standard InChI is InChI=1S/C19H20N4O2/c1-14-5-3-4-6-16(14)13-23(2)18(24)8-7-17-21-19(22-25-17)15-9-11-20-12-10-15/h3-6,9-12H,7-8,13H2,1-2H3. The average Bonchev–Trinajstić information content (AvgIpc) is 3.11. The van der Waals surface area contributed by atoms with Crippen LogP contribution in [0.2, 0.25) is 0 Å². The molecule has 0 saturated carbocycles. The van der Waals surface area contributed by atoms with Gasteiger partial charge in [0.15, 0.2) is 0 Å². The van der Waals surface area contributed by atoms with Crippen molar-refractivity contribution in [3.63, 3.8) is 0 Å². The number of rotatable bonds is 6. The highest BCUT2D eigenvalue weighted by atomic mass is 16.5. The molecule has 0 bridgehead atoms. The van der Waals surface area contributed by atoms with Gasteiger partial charge in [0.05, 0.1) is 0 Å². The van der Waals surface area contributed by atoms with Crippen molar-refractivity contribution in [2.24, 2.45) is 0 Å². The van der Waals surface area contributed by atoms with Crippen LogP contribution in [0.25, 0.3) is 11.4 Å². The number of aryl methyl sites for hydroxylation is 2. The lowest BCUT2D eigenvalue weighted by atomic mass is 10.1. The fourth-order valence-electron chi connectivity index (χ4n) is 2.51. The number of amides is 1. The van der Waals surface area contributed by atoms with Gasteiger partial charge in [0, 0.05) is 44.4 Å². The van der Waals surface area contributed by atoms with Crippen LogP contribution in [0.3, 0.4) is 0 Å². The smallest absolute Gasteiger partial charge is 0.227 e. The summed E-state index contributed by atoms with van der Waals surface area (Å²) in [5.74, 6) is 1.02. The highest BCUT2D eigenvalue weighted by molar-refractivity contribution is 5.76. The molecule has 2 aromatic heterocycles. The Labute approximate surface area is 146 Å². The molecule has 1 amide bonds. The number of pyridine rings is 1. The summed E-state index contributed by atoms with van der Waals surface area (Å²) in [6, 6.07) is 11.7. The minimum absolute atomic E-state index is 0.0481. The highest BCUT2D eigenvalue weighted by Gasteiger charge is 2.14. The van der Waals surface area contributed by atoms with Crippen molar-refractivity contribution in [1.82, 2.24) is 20.0 Å². The van der Waals surface area contributed by atoms with Crippen LogP contribution in [0.4, 0.5) is 0 Å². The summed E-state index contributed by atoms with van der Waals surface area (Å²) in [7, 11) is 1.81. The zero-order valence-electron chi connectivity index (χ0n) is 14.3. The Hall–Kier alpha value is -3.02. The molecule has 0 aliphatic heterocycles.